The largest absolute Gasteiger partial charge is 0.150 e. The number of halogens is 1. The van der Waals surface area contributed by atoms with Gasteiger partial charge in [-0.15, -0.1) is 11.6 Å². The van der Waals surface area contributed by atoms with E-state index in [1.807, 2.05) is 12.1 Å². The molecule has 4 atom stereocenters. The lowest BCUT2D eigenvalue weighted by molar-refractivity contribution is 0.600. The molecule has 0 aromatic heterocycles. The Morgan fingerprint density at radius 1 is 1.21 bits per heavy atom. The number of alkyl halides is 1. The zero-order valence-corrected chi connectivity index (χ0v) is 8.32. The van der Waals surface area contributed by atoms with Gasteiger partial charge >= 0.3 is 0 Å². The molecule has 2 aliphatic rings. The van der Waals surface area contributed by atoms with Gasteiger partial charge in [-0.1, -0.05) is 29.4 Å². The second-order valence-electron chi connectivity index (χ2n) is 4.12. The number of fused-ring (bicyclic) bond motifs is 5. The van der Waals surface area contributed by atoms with Crippen LogP contribution < -0.4 is 0 Å². The second-order valence-corrected chi connectivity index (χ2v) is 4.62. The van der Waals surface area contributed by atoms with Crippen molar-refractivity contribution < 1.29 is 0 Å². The predicted molar refractivity (Wildman–Crippen MR) is 55.8 cm³/mol. The third-order valence-corrected chi connectivity index (χ3v) is 4.11. The van der Waals surface area contributed by atoms with Gasteiger partial charge in [0.15, 0.2) is 0 Å². The number of hydrogen-bond donors (Lipinski definition) is 0. The van der Waals surface area contributed by atoms with Gasteiger partial charge < -0.3 is 0 Å². The standard InChI is InChI=1S/C11H10ClNO/c12-10-8-5-9(11(10)13-14)7-4-2-1-3-6(7)8/h1-4,8-11H,5H2/t8-,9+,10?,11?/m0/s1. The minimum atomic E-state index is -0.212. The SMILES string of the molecule is O=NC1C(Cl)[C@H]2C[C@@H]1c1ccccc12. The number of benzene rings is 1. The van der Waals surface area contributed by atoms with Crippen LogP contribution in [0.1, 0.15) is 29.4 Å². The first kappa shape index (κ1) is 8.42. The van der Waals surface area contributed by atoms with E-state index in [4.69, 9.17) is 11.6 Å². The van der Waals surface area contributed by atoms with Crippen LogP contribution in [0.25, 0.3) is 0 Å². The fourth-order valence-corrected chi connectivity index (χ4v) is 3.39. The maximum Gasteiger partial charge on any atom is 0.116 e. The molecule has 1 aromatic rings. The van der Waals surface area contributed by atoms with Crippen LogP contribution in [0.4, 0.5) is 0 Å². The first-order valence-electron chi connectivity index (χ1n) is 4.88. The van der Waals surface area contributed by atoms with Crippen LogP contribution in [0.3, 0.4) is 0 Å². The zero-order valence-electron chi connectivity index (χ0n) is 7.56. The predicted octanol–water partition coefficient (Wildman–Crippen LogP) is 3.01. The molecule has 14 heavy (non-hydrogen) atoms. The molecule has 0 N–H and O–H groups in total. The first-order chi connectivity index (χ1) is 6.83. The maximum atomic E-state index is 10.7. The highest BCUT2D eigenvalue weighted by Gasteiger charge is 2.51. The lowest BCUT2D eigenvalue weighted by atomic mass is 9.88. The summed E-state index contributed by atoms with van der Waals surface area (Å²) in [6, 6.07) is 8.06. The molecule has 1 aromatic carbocycles. The van der Waals surface area contributed by atoms with Crippen LogP contribution in [0.2, 0.25) is 0 Å². The summed E-state index contributed by atoms with van der Waals surface area (Å²) >= 11 is 6.21. The highest BCUT2D eigenvalue weighted by atomic mass is 35.5. The second kappa shape index (κ2) is 2.80. The summed E-state index contributed by atoms with van der Waals surface area (Å²) in [6.07, 6.45) is 1.00. The number of nitroso groups, excluding NO2 is 1. The number of hydrogen-bond acceptors (Lipinski definition) is 2. The molecular weight excluding hydrogens is 198 g/mol. The van der Waals surface area contributed by atoms with Crippen LogP contribution in [0.15, 0.2) is 29.4 Å². The minimum absolute atomic E-state index is 0.0904. The van der Waals surface area contributed by atoms with E-state index in [2.05, 4.69) is 17.3 Å². The summed E-state index contributed by atoms with van der Waals surface area (Å²) in [7, 11) is 0. The van der Waals surface area contributed by atoms with E-state index >= 15 is 0 Å². The number of nitrogens with zero attached hydrogens (tertiary/aromatic N) is 1. The van der Waals surface area contributed by atoms with Crippen molar-refractivity contribution in [2.75, 3.05) is 0 Å². The molecule has 0 amide bonds. The van der Waals surface area contributed by atoms with Gasteiger partial charge in [-0.3, -0.25) is 0 Å². The maximum absolute atomic E-state index is 10.7. The van der Waals surface area contributed by atoms with Crippen molar-refractivity contribution in [1.29, 1.82) is 0 Å². The fourth-order valence-electron chi connectivity index (χ4n) is 2.93. The van der Waals surface area contributed by atoms with Crippen LogP contribution in [-0.4, -0.2) is 11.4 Å². The van der Waals surface area contributed by atoms with Crippen molar-refractivity contribution in [3.63, 3.8) is 0 Å². The van der Waals surface area contributed by atoms with Gasteiger partial charge in [0.25, 0.3) is 0 Å². The molecular formula is C11H10ClNO. The molecule has 2 aliphatic carbocycles. The normalized spacial score (nSPS) is 38.4. The molecule has 2 unspecified atom stereocenters. The summed E-state index contributed by atoms with van der Waals surface area (Å²) in [5.74, 6) is 0.622. The third kappa shape index (κ3) is 0.871. The Morgan fingerprint density at radius 3 is 2.50 bits per heavy atom. The minimum Gasteiger partial charge on any atom is -0.150 e. The average Bonchev–Trinajstić information content (AvgIpc) is 2.74. The lowest BCUT2D eigenvalue weighted by Crippen LogP contribution is -2.25. The Kier molecular flexibility index (Phi) is 1.68. The van der Waals surface area contributed by atoms with E-state index in [0.717, 1.165) is 6.42 Å². The van der Waals surface area contributed by atoms with E-state index < -0.39 is 0 Å². The first-order valence-corrected chi connectivity index (χ1v) is 5.32. The van der Waals surface area contributed by atoms with Crippen molar-refractivity contribution in [3.8, 4) is 0 Å². The van der Waals surface area contributed by atoms with E-state index in [9.17, 15) is 4.91 Å². The molecule has 1 fully saturated rings. The molecule has 2 bridgehead atoms. The van der Waals surface area contributed by atoms with Crippen molar-refractivity contribution in [2.24, 2.45) is 5.18 Å². The topological polar surface area (TPSA) is 29.4 Å². The highest BCUT2D eigenvalue weighted by Crippen LogP contribution is 2.55. The van der Waals surface area contributed by atoms with Gasteiger partial charge in [0.2, 0.25) is 0 Å². The molecule has 1 saturated carbocycles. The van der Waals surface area contributed by atoms with Gasteiger partial charge in [0.05, 0.1) is 5.38 Å². The highest BCUT2D eigenvalue weighted by molar-refractivity contribution is 6.22. The Labute approximate surface area is 87.2 Å². The molecule has 0 aliphatic heterocycles. The van der Waals surface area contributed by atoms with Crippen LogP contribution in [-0.2, 0) is 0 Å². The van der Waals surface area contributed by atoms with E-state index in [1.54, 1.807) is 0 Å². The van der Waals surface area contributed by atoms with Crippen molar-refractivity contribution >= 4 is 11.6 Å². The molecule has 2 nitrogen and oxygen atoms in total. The van der Waals surface area contributed by atoms with Crippen molar-refractivity contribution in [2.45, 2.75) is 29.7 Å². The van der Waals surface area contributed by atoms with Crippen LogP contribution >= 0.6 is 11.6 Å². The molecule has 0 radical (unpaired) electrons. The van der Waals surface area contributed by atoms with Crippen LogP contribution in [0.5, 0.6) is 0 Å². The number of rotatable bonds is 1. The van der Waals surface area contributed by atoms with Crippen molar-refractivity contribution in [3.05, 3.63) is 40.3 Å². The fraction of sp³-hybridized carbons (Fsp3) is 0.455. The van der Waals surface area contributed by atoms with Gasteiger partial charge in [-0.05, 0) is 17.5 Å². The molecule has 0 spiro atoms. The Bertz CT molecular complexity index is 393. The monoisotopic (exact) mass is 207 g/mol. The average molecular weight is 208 g/mol. The molecule has 3 rings (SSSR count). The smallest absolute Gasteiger partial charge is 0.116 e. The Morgan fingerprint density at radius 2 is 1.86 bits per heavy atom. The summed E-state index contributed by atoms with van der Waals surface area (Å²) in [4.78, 5) is 10.7. The molecule has 0 saturated heterocycles. The quantitative estimate of drug-likeness (QED) is 0.514. The van der Waals surface area contributed by atoms with E-state index in [0.29, 0.717) is 5.92 Å². The Balaban J connectivity index is 2.13. The van der Waals surface area contributed by atoms with Gasteiger partial charge in [-0.25, -0.2) is 0 Å². The van der Waals surface area contributed by atoms with Gasteiger partial charge in [0.1, 0.15) is 6.04 Å². The molecule has 0 heterocycles. The summed E-state index contributed by atoms with van der Waals surface area (Å²) in [5, 5.41) is 3.08. The molecule has 3 heteroatoms. The summed E-state index contributed by atoms with van der Waals surface area (Å²) < 4.78 is 0. The van der Waals surface area contributed by atoms with E-state index in [-0.39, 0.29) is 17.3 Å². The van der Waals surface area contributed by atoms with Crippen molar-refractivity contribution in [1.82, 2.24) is 0 Å². The summed E-state index contributed by atoms with van der Waals surface area (Å²) in [5.41, 5.74) is 2.62. The third-order valence-electron chi connectivity index (χ3n) is 3.55. The zero-order chi connectivity index (χ0) is 9.71. The Hall–Kier alpha value is -0.890. The van der Waals surface area contributed by atoms with Crippen LogP contribution in [0, 0.1) is 4.91 Å². The lowest BCUT2D eigenvalue weighted by Gasteiger charge is -2.23. The summed E-state index contributed by atoms with van der Waals surface area (Å²) in [6.45, 7) is 0. The van der Waals surface area contributed by atoms with E-state index in [1.165, 1.54) is 11.1 Å². The molecule has 72 valence electrons. The van der Waals surface area contributed by atoms with Gasteiger partial charge in [-0.2, -0.15) is 4.91 Å². The van der Waals surface area contributed by atoms with Gasteiger partial charge in [0, 0.05) is 11.8 Å².